The van der Waals surface area contributed by atoms with Crippen LogP contribution in [0.1, 0.15) is 39.9 Å². The molecular weight excluding hydrogens is 337 g/mol. The van der Waals surface area contributed by atoms with Crippen LogP contribution in [-0.4, -0.2) is 36.7 Å². The van der Waals surface area contributed by atoms with Gasteiger partial charge in [-0.25, -0.2) is 19.8 Å². The summed E-state index contributed by atoms with van der Waals surface area (Å²) in [6, 6.07) is 1.69. The Kier molecular flexibility index (Phi) is 4.54. The zero-order chi connectivity index (χ0) is 19.0. The molecule has 0 bridgehead atoms. The molecule has 0 aliphatic carbocycles. The summed E-state index contributed by atoms with van der Waals surface area (Å²) in [6.07, 6.45) is 1.25. The van der Waals surface area contributed by atoms with Crippen LogP contribution in [-0.2, 0) is 13.6 Å². The summed E-state index contributed by atoms with van der Waals surface area (Å²) in [5.41, 5.74) is 5.69. The van der Waals surface area contributed by atoms with E-state index in [1.807, 2.05) is 20.8 Å². The molecule has 8 nitrogen and oxygen atoms in total. The van der Waals surface area contributed by atoms with Crippen LogP contribution < -0.4 is 5.43 Å². The van der Waals surface area contributed by atoms with Gasteiger partial charge in [0.15, 0.2) is 5.65 Å². The average molecular weight is 357 g/mol. The van der Waals surface area contributed by atoms with Gasteiger partial charge in [0.25, 0.3) is 5.91 Å². The number of nitrogens with zero attached hydrogens (tertiary/aromatic N) is 6. The van der Waals surface area contributed by atoms with E-state index in [9.17, 15) is 9.18 Å². The first kappa shape index (κ1) is 17.7. The highest BCUT2D eigenvalue weighted by molar-refractivity contribution is 6.06. The van der Waals surface area contributed by atoms with E-state index in [4.69, 9.17) is 0 Å². The number of aryl methyl sites for hydroxylation is 5. The number of fused-ring (bicyclic) bond motifs is 1. The van der Waals surface area contributed by atoms with Gasteiger partial charge in [-0.3, -0.25) is 4.79 Å². The highest BCUT2D eigenvalue weighted by Gasteiger charge is 2.18. The summed E-state index contributed by atoms with van der Waals surface area (Å²) in [5.74, 6) is -0.917. The number of rotatable bonds is 4. The van der Waals surface area contributed by atoms with Crippen LogP contribution in [0.4, 0.5) is 4.39 Å². The molecule has 0 aromatic carbocycles. The molecule has 3 aromatic rings. The van der Waals surface area contributed by atoms with Crippen molar-refractivity contribution in [2.45, 2.75) is 34.2 Å². The van der Waals surface area contributed by atoms with Crippen molar-refractivity contribution in [2.75, 3.05) is 0 Å². The summed E-state index contributed by atoms with van der Waals surface area (Å²) < 4.78 is 16.8. The third-order valence-electron chi connectivity index (χ3n) is 4.11. The van der Waals surface area contributed by atoms with Gasteiger partial charge in [0, 0.05) is 19.3 Å². The first-order valence-electron chi connectivity index (χ1n) is 8.20. The van der Waals surface area contributed by atoms with Crippen molar-refractivity contribution in [1.82, 2.24) is 30.0 Å². The lowest BCUT2D eigenvalue weighted by atomic mass is 10.1. The first-order chi connectivity index (χ1) is 12.3. The maximum absolute atomic E-state index is 13.9. The van der Waals surface area contributed by atoms with Gasteiger partial charge in [-0.2, -0.15) is 19.7 Å². The predicted molar refractivity (Wildman–Crippen MR) is 95.6 cm³/mol. The van der Waals surface area contributed by atoms with Gasteiger partial charge < -0.3 is 0 Å². The molecular formula is C17H20FN7O. The molecule has 0 atom stereocenters. The van der Waals surface area contributed by atoms with E-state index in [1.54, 1.807) is 17.7 Å². The van der Waals surface area contributed by atoms with Gasteiger partial charge in [-0.05, 0) is 33.8 Å². The zero-order valence-corrected chi connectivity index (χ0v) is 15.3. The quantitative estimate of drug-likeness (QED) is 0.571. The molecule has 3 rings (SSSR count). The molecule has 0 fully saturated rings. The van der Waals surface area contributed by atoms with Crippen LogP contribution in [0.2, 0.25) is 0 Å². The van der Waals surface area contributed by atoms with Crippen LogP contribution in [0.15, 0.2) is 11.2 Å². The van der Waals surface area contributed by atoms with E-state index < -0.39 is 11.9 Å². The number of hydrogen-bond acceptors (Lipinski definition) is 5. The minimum Gasteiger partial charge on any atom is -0.267 e. The second-order valence-electron chi connectivity index (χ2n) is 6.02. The number of aromatic nitrogens is 5. The predicted octanol–water partition coefficient (Wildman–Crippen LogP) is 2.01. The normalized spacial score (nSPS) is 11.6. The number of nitrogens with one attached hydrogen (secondary N) is 1. The topological polar surface area (TPSA) is 90.0 Å². The van der Waals surface area contributed by atoms with Gasteiger partial charge in [-0.15, -0.1) is 0 Å². The van der Waals surface area contributed by atoms with Crippen molar-refractivity contribution in [3.8, 4) is 0 Å². The lowest BCUT2D eigenvalue weighted by Crippen LogP contribution is -2.18. The lowest BCUT2D eigenvalue weighted by Gasteiger charge is -2.05. The highest BCUT2D eigenvalue weighted by Crippen LogP contribution is 2.22. The van der Waals surface area contributed by atoms with E-state index in [-0.39, 0.29) is 5.56 Å². The third kappa shape index (κ3) is 2.96. The smallest absolute Gasteiger partial charge is 0.267 e. The maximum atomic E-state index is 13.9. The molecule has 0 saturated carbocycles. The Morgan fingerprint density at radius 3 is 2.65 bits per heavy atom. The fourth-order valence-corrected chi connectivity index (χ4v) is 2.89. The second kappa shape index (κ2) is 6.66. The lowest BCUT2D eigenvalue weighted by molar-refractivity contribution is 0.0956. The zero-order valence-electron chi connectivity index (χ0n) is 15.3. The van der Waals surface area contributed by atoms with Gasteiger partial charge in [0.1, 0.15) is 0 Å². The molecule has 3 aromatic heterocycles. The number of carbonyl (C=O) groups excluding carboxylic acids is 1. The van der Waals surface area contributed by atoms with Crippen LogP contribution in [0.25, 0.3) is 11.0 Å². The van der Waals surface area contributed by atoms with Crippen molar-refractivity contribution in [1.29, 1.82) is 0 Å². The third-order valence-corrected chi connectivity index (χ3v) is 4.11. The van der Waals surface area contributed by atoms with Crippen molar-refractivity contribution >= 4 is 23.2 Å². The molecule has 0 aliphatic heterocycles. The van der Waals surface area contributed by atoms with E-state index in [0.29, 0.717) is 34.5 Å². The molecule has 0 spiro atoms. The SMILES string of the molecule is CCn1nc(C)c2c(C(=O)N/N=C\c3c(C)nn(C)c3F)cc(C)nc21. The van der Waals surface area contributed by atoms with Crippen LogP contribution in [0.5, 0.6) is 0 Å². The van der Waals surface area contributed by atoms with Gasteiger partial charge in [-0.1, -0.05) is 0 Å². The molecule has 3 heterocycles. The Balaban J connectivity index is 1.93. The Morgan fingerprint density at radius 1 is 1.31 bits per heavy atom. The van der Waals surface area contributed by atoms with Gasteiger partial charge in [0.2, 0.25) is 5.95 Å². The fraction of sp³-hybridized carbons (Fsp3) is 0.353. The standard InChI is InChI=1S/C17H20FN7O/c1-6-25-16-14(11(4)23-25)12(7-9(2)20-16)17(26)21-19-8-13-10(3)22-24(5)15(13)18/h7-8H,6H2,1-5H3,(H,21,26)/b19-8-. The first-order valence-corrected chi connectivity index (χ1v) is 8.20. The average Bonchev–Trinajstić information content (AvgIpc) is 3.04. The minimum absolute atomic E-state index is 0.235. The van der Waals surface area contributed by atoms with Crippen LogP contribution in [0.3, 0.4) is 0 Å². The van der Waals surface area contributed by atoms with E-state index >= 15 is 0 Å². The fourth-order valence-electron chi connectivity index (χ4n) is 2.89. The Morgan fingerprint density at radius 2 is 2.04 bits per heavy atom. The van der Waals surface area contributed by atoms with Gasteiger partial charge >= 0.3 is 0 Å². The molecule has 0 radical (unpaired) electrons. The minimum atomic E-state index is -0.511. The number of hydrogen-bond donors (Lipinski definition) is 1. The summed E-state index contributed by atoms with van der Waals surface area (Å²) in [4.78, 5) is 17.1. The monoisotopic (exact) mass is 357 g/mol. The van der Waals surface area contributed by atoms with E-state index in [0.717, 1.165) is 10.4 Å². The molecule has 1 N–H and O–H groups in total. The summed E-state index contributed by atoms with van der Waals surface area (Å²) >= 11 is 0. The molecule has 9 heteroatoms. The molecule has 26 heavy (non-hydrogen) atoms. The van der Waals surface area contributed by atoms with E-state index in [1.165, 1.54) is 13.3 Å². The Hall–Kier alpha value is -3.10. The van der Waals surface area contributed by atoms with Crippen molar-refractivity contribution in [2.24, 2.45) is 12.1 Å². The molecule has 0 unspecified atom stereocenters. The van der Waals surface area contributed by atoms with Crippen molar-refractivity contribution < 1.29 is 9.18 Å². The van der Waals surface area contributed by atoms with Crippen molar-refractivity contribution in [3.63, 3.8) is 0 Å². The van der Waals surface area contributed by atoms with Crippen molar-refractivity contribution in [3.05, 3.63) is 40.2 Å². The number of halogens is 1. The molecule has 136 valence electrons. The van der Waals surface area contributed by atoms with Crippen LogP contribution in [0, 0.1) is 26.7 Å². The number of pyridine rings is 1. The maximum Gasteiger partial charge on any atom is 0.272 e. The van der Waals surface area contributed by atoms with E-state index in [2.05, 4.69) is 25.7 Å². The highest BCUT2D eigenvalue weighted by atomic mass is 19.1. The summed E-state index contributed by atoms with van der Waals surface area (Å²) in [6.45, 7) is 7.94. The molecule has 0 saturated heterocycles. The summed E-state index contributed by atoms with van der Waals surface area (Å²) in [7, 11) is 1.50. The number of hydrazone groups is 1. The second-order valence-corrected chi connectivity index (χ2v) is 6.02. The Bertz CT molecular complexity index is 1030. The number of carbonyl (C=O) groups is 1. The number of amides is 1. The largest absolute Gasteiger partial charge is 0.272 e. The summed E-state index contributed by atoms with van der Waals surface area (Å²) in [5, 5.41) is 13.0. The van der Waals surface area contributed by atoms with Crippen LogP contribution >= 0.6 is 0 Å². The Labute approximate surface area is 149 Å². The van der Waals surface area contributed by atoms with Gasteiger partial charge in [0.05, 0.1) is 34.1 Å². The molecule has 0 aliphatic rings. The molecule has 1 amide bonds.